The fraction of sp³-hybridized carbons (Fsp3) is 0.400. The van der Waals surface area contributed by atoms with Gasteiger partial charge in [0.2, 0.25) is 0 Å². The molecule has 0 aromatic carbocycles. The number of thiazole rings is 2. The van der Waals surface area contributed by atoms with E-state index in [1.54, 1.807) is 28.0 Å². The summed E-state index contributed by atoms with van der Waals surface area (Å²) >= 11 is 3.12. The average Bonchev–Trinajstić information content (AvgIpc) is 3.18. The maximum absolute atomic E-state index is 12.3. The first-order chi connectivity index (χ1) is 11.2. The highest BCUT2D eigenvalue weighted by atomic mass is 32.1. The number of nitrogens with zero attached hydrogens (tertiary/aromatic N) is 4. The molecule has 6 nitrogen and oxygen atoms in total. The van der Waals surface area contributed by atoms with Crippen molar-refractivity contribution in [1.29, 1.82) is 0 Å². The number of morpholine rings is 1. The van der Waals surface area contributed by atoms with Gasteiger partial charge in [-0.05, 0) is 6.92 Å². The van der Waals surface area contributed by atoms with E-state index >= 15 is 0 Å². The van der Waals surface area contributed by atoms with Crippen LogP contribution in [0.2, 0.25) is 0 Å². The number of fused-ring (bicyclic) bond motifs is 1. The smallest absolute Gasteiger partial charge is 0.259 e. The van der Waals surface area contributed by atoms with Crippen LogP contribution in [0.5, 0.6) is 0 Å². The van der Waals surface area contributed by atoms with Crippen molar-refractivity contribution < 1.29 is 4.74 Å². The lowest BCUT2D eigenvalue weighted by Crippen LogP contribution is -2.38. The lowest BCUT2D eigenvalue weighted by atomic mass is 10.2. The zero-order valence-electron chi connectivity index (χ0n) is 12.6. The summed E-state index contributed by atoms with van der Waals surface area (Å²) in [4.78, 5) is 24.2. The van der Waals surface area contributed by atoms with Crippen molar-refractivity contribution in [2.45, 2.75) is 19.6 Å². The summed E-state index contributed by atoms with van der Waals surface area (Å²) in [6, 6.07) is 1.64. The number of ether oxygens (including phenoxy) is 1. The van der Waals surface area contributed by atoms with Crippen molar-refractivity contribution in [3.63, 3.8) is 0 Å². The Morgan fingerprint density at radius 3 is 3.17 bits per heavy atom. The van der Waals surface area contributed by atoms with Crippen LogP contribution >= 0.6 is 22.7 Å². The second-order valence-electron chi connectivity index (χ2n) is 5.55. The van der Waals surface area contributed by atoms with Gasteiger partial charge in [-0.3, -0.25) is 14.1 Å². The normalized spacial score (nSPS) is 19.4. The minimum Gasteiger partial charge on any atom is -0.368 e. The summed E-state index contributed by atoms with van der Waals surface area (Å²) in [5, 5.41) is 4.93. The van der Waals surface area contributed by atoms with Gasteiger partial charge in [0.25, 0.3) is 5.56 Å². The van der Waals surface area contributed by atoms with Crippen LogP contribution in [0.3, 0.4) is 0 Å². The van der Waals surface area contributed by atoms with Crippen molar-refractivity contribution in [3.8, 4) is 0 Å². The quantitative estimate of drug-likeness (QED) is 0.725. The molecule has 3 aromatic rings. The van der Waals surface area contributed by atoms with Gasteiger partial charge in [-0.1, -0.05) is 0 Å². The maximum atomic E-state index is 12.3. The highest BCUT2D eigenvalue weighted by Gasteiger charge is 2.24. The molecule has 1 unspecified atom stereocenters. The van der Waals surface area contributed by atoms with Crippen molar-refractivity contribution in [1.82, 2.24) is 19.3 Å². The largest absolute Gasteiger partial charge is 0.368 e. The van der Waals surface area contributed by atoms with E-state index in [1.165, 1.54) is 11.3 Å². The molecule has 1 saturated heterocycles. The van der Waals surface area contributed by atoms with Gasteiger partial charge in [0.15, 0.2) is 4.96 Å². The summed E-state index contributed by atoms with van der Waals surface area (Å²) in [5.74, 6) is 0. The fourth-order valence-electron chi connectivity index (χ4n) is 2.80. The first kappa shape index (κ1) is 14.9. The molecule has 1 fully saturated rings. The van der Waals surface area contributed by atoms with E-state index in [0.29, 0.717) is 13.2 Å². The predicted octanol–water partition coefficient (Wildman–Crippen LogP) is 2.09. The molecule has 0 N–H and O–H groups in total. The van der Waals surface area contributed by atoms with E-state index in [9.17, 15) is 4.79 Å². The predicted molar refractivity (Wildman–Crippen MR) is 90.2 cm³/mol. The summed E-state index contributed by atoms with van der Waals surface area (Å²) in [7, 11) is 0. The summed E-state index contributed by atoms with van der Waals surface area (Å²) in [6.07, 6.45) is 1.82. The Morgan fingerprint density at radius 1 is 1.43 bits per heavy atom. The van der Waals surface area contributed by atoms with Crippen LogP contribution in [0.25, 0.3) is 4.96 Å². The molecule has 4 rings (SSSR count). The lowest BCUT2D eigenvalue weighted by Gasteiger charge is -2.31. The molecule has 1 aliphatic rings. The van der Waals surface area contributed by atoms with Crippen LogP contribution in [0.4, 0.5) is 0 Å². The van der Waals surface area contributed by atoms with E-state index in [0.717, 1.165) is 34.4 Å². The molecule has 0 bridgehead atoms. The van der Waals surface area contributed by atoms with Crippen LogP contribution in [-0.4, -0.2) is 39.0 Å². The first-order valence-electron chi connectivity index (χ1n) is 7.41. The molecule has 4 heterocycles. The Labute approximate surface area is 141 Å². The second kappa shape index (κ2) is 6.12. The highest BCUT2D eigenvalue weighted by molar-refractivity contribution is 7.15. The Hall–Kier alpha value is -1.61. The number of hydrogen-bond acceptors (Lipinski definition) is 7. The number of rotatable bonds is 3. The highest BCUT2D eigenvalue weighted by Crippen LogP contribution is 2.24. The molecule has 0 aliphatic carbocycles. The second-order valence-corrected chi connectivity index (χ2v) is 7.31. The van der Waals surface area contributed by atoms with Crippen LogP contribution in [0.15, 0.2) is 27.8 Å². The molecule has 3 aromatic heterocycles. The van der Waals surface area contributed by atoms with Gasteiger partial charge in [0.05, 0.1) is 12.3 Å². The number of aromatic nitrogens is 3. The summed E-state index contributed by atoms with van der Waals surface area (Å²) in [6.45, 7) is 4.87. The number of aryl methyl sites for hydroxylation is 1. The van der Waals surface area contributed by atoms with Gasteiger partial charge in [-0.2, -0.15) is 0 Å². The topological polar surface area (TPSA) is 59.7 Å². The summed E-state index contributed by atoms with van der Waals surface area (Å²) < 4.78 is 7.47. The molecular formula is C15H16N4O2S2. The minimum absolute atomic E-state index is 0.00603. The van der Waals surface area contributed by atoms with Crippen molar-refractivity contribution in [2.75, 3.05) is 19.7 Å². The van der Waals surface area contributed by atoms with Crippen LogP contribution in [0, 0.1) is 6.92 Å². The zero-order chi connectivity index (χ0) is 15.8. The molecule has 0 saturated carbocycles. The molecule has 23 heavy (non-hydrogen) atoms. The molecule has 120 valence electrons. The van der Waals surface area contributed by atoms with E-state index in [1.807, 2.05) is 17.7 Å². The van der Waals surface area contributed by atoms with Crippen LogP contribution in [0.1, 0.15) is 22.5 Å². The van der Waals surface area contributed by atoms with Gasteiger partial charge < -0.3 is 4.74 Å². The molecule has 0 spiro atoms. The maximum Gasteiger partial charge on any atom is 0.259 e. The zero-order valence-corrected chi connectivity index (χ0v) is 14.3. The Morgan fingerprint density at radius 2 is 2.35 bits per heavy atom. The van der Waals surface area contributed by atoms with Crippen molar-refractivity contribution in [3.05, 3.63) is 49.8 Å². The molecular weight excluding hydrogens is 332 g/mol. The van der Waals surface area contributed by atoms with Gasteiger partial charge >= 0.3 is 0 Å². The lowest BCUT2D eigenvalue weighted by molar-refractivity contribution is -0.0333. The van der Waals surface area contributed by atoms with Crippen LogP contribution in [-0.2, 0) is 11.3 Å². The van der Waals surface area contributed by atoms with Gasteiger partial charge in [-0.15, -0.1) is 22.7 Å². The van der Waals surface area contributed by atoms with Gasteiger partial charge in [-0.25, -0.2) is 9.97 Å². The Balaban J connectivity index is 1.54. The third-order valence-electron chi connectivity index (χ3n) is 3.89. The first-order valence-corrected chi connectivity index (χ1v) is 9.17. The SMILES string of the molecule is Cc1csc2nc(CN3CCOC(c4nccs4)C3)cc(=O)n12. The Kier molecular flexibility index (Phi) is 3.98. The van der Waals surface area contributed by atoms with Gasteiger partial charge in [0, 0.05) is 48.4 Å². The van der Waals surface area contributed by atoms with E-state index in [4.69, 9.17) is 4.74 Å². The van der Waals surface area contributed by atoms with E-state index < -0.39 is 0 Å². The molecule has 1 aliphatic heterocycles. The third kappa shape index (κ3) is 2.94. The summed E-state index contributed by atoms with van der Waals surface area (Å²) in [5.41, 5.74) is 1.74. The Bertz CT molecular complexity index is 871. The van der Waals surface area contributed by atoms with Crippen molar-refractivity contribution >= 4 is 27.6 Å². The van der Waals surface area contributed by atoms with E-state index in [-0.39, 0.29) is 11.7 Å². The monoisotopic (exact) mass is 348 g/mol. The van der Waals surface area contributed by atoms with Crippen molar-refractivity contribution in [2.24, 2.45) is 0 Å². The fourth-order valence-corrected chi connectivity index (χ4v) is 4.37. The third-order valence-corrected chi connectivity index (χ3v) is 5.70. The van der Waals surface area contributed by atoms with Gasteiger partial charge in [0.1, 0.15) is 11.1 Å². The molecule has 0 radical (unpaired) electrons. The average molecular weight is 348 g/mol. The van der Waals surface area contributed by atoms with Crippen LogP contribution < -0.4 is 5.56 Å². The number of hydrogen-bond donors (Lipinski definition) is 0. The minimum atomic E-state index is -0.00603. The molecule has 0 amide bonds. The standard InChI is InChI=1S/C15H16N4O2S2/c1-10-9-23-15-17-11(6-13(20)19(10)15)7-18-3-4-21-12(8-18)14-16-2-5-22-14/h2,5-6,9,12H,3-4,7-8H2,1H3. The molecule has 8 heteroatoms. The van der Waals surface area contributed by atoms with E-state index in [2.05, 4.69) is 14.9 Å². The molecule has 1 atom stereocenters.